The van der Waals surface area contributed by atoms with E-state index in [4.69, 9.17) is 0 Å². The summed E-state index contributed by atoms with van der Waals surface area (Å²) in [5.41, 5.74) is -0.166. The van der Waals surface area contributed by atoms with Gasteiger partial charge in [0, 0.05) is 0 Å². The zero-order valence-corrected chi connectivity index (χ0v) is 7.78. The fourth-order valence-electron chi connectivity index (χ4n) is 0.796. The molecular weight excluding hydrogens is 174 g/mol. The average molecular weight is 187 g/mol. The first-order chi connectivity index (χ1) is 5.99. The second-order valence-electron chi connectivity index (χ2n) is 2.68. The van der Waals surface area contributed by atoms with E-state index in [1.165, 1.54) is 0 Å². The first-order valence-electron chi connectivity index (χ1n) is 3.97. The largest absolute Gasteiger partial charge is 0.466 e. The van der Waals surface area contributed by atoms with Crippen molar-refractivity contribution in [2.45, 2.75) is 20.3 Å². The Morgan fingerprint density at radius 2 is 2.23 bits per heavy atom. The molecule has 0 aromatic heterocycles. The number of hydrogen-bond donors (Lipinski definition) is 0. The van der Waals surface area contributed by atoms with Crippen LogP contribution in [0.5, 0.6) is 0 Å². The summed E-state index contributed by atoms with van der Waals surface area (Å²) < 4.78 is 4.68. The summed E-state index contributed by atoms with van der Waals surface area (Å²) in [6.07, 6.45) is 0.0336. The molecule has 0 fully saturated rings. The molecular formula is C8H13NO4. The van der Waals surface area contributed by atoms with Crippen LogP contribution in [0.25, 0.3) is 0 Å². The number of rotatable bonds is 5. The highest BCUT2D eigenvalue weighted by Gasteiger charge is 2.19. The molecule has 0 N–H and O–H groups in total. The zero-order valence-electron chi connectivity index (χ0n) is 7.78. The van der Waals surface area contributed by atoms with Crippen LogP contribution in [0.1, 0.15) is 20.3 Å². The molecule has 0 aliphatic heterocycles. The zero-order chi connectivity index (χ0) is 10.4. The van der Waals surface area contributed by atoms with Gasteiger partial charge in [0.2, 0.25) is 5.70 Å². The van der Waals surface area contributed by atoms with Gasteiger partial charge in [-0.15, -0.1) is 0 Å². The molecule has 0 aromatic carbocycles. The van der Waals surface area contributed by atoms with Crippen molar-refractivity contribution in [3.63, 3.8) is 0 Å². The van der Waals surface area contributed by atoms with Crippen LogP contribution in [0.4, 0.5) is 0 Å². The van der Waals surface area contributed by atoms with Gasteiger partial charge in [0.1, 0.15) is 0 Å². The van der Waals surface area contributed by atoms with E-state index in [0.717, 1.165) is 0 Å². The fraction of sp³-hybridized carbons (Fsp3) is 0.625. The van der Waals surface area contributed by atoms with Gasteiger partial charge in [0.05, 0.1) is 23.9 Å². The number of esters is 1. The highest BCUT2D eigenvalue weighted by atomic mass is 16.6. The molecule has 74 valence electrons. The Bertz CT molecular complexity index is 224. The summed E-state index contributed by atoms with van der Waals surface area (Å²) in [4.78, 5) is 20.6. The number of nitrogens with zero attached hydrogens (tertiary/aromatic N) is 1. The quantitative estimate of drug-likeness (QED) is 0.370. The number of ether oxygens (including phenoxy) is 1. The van der Waals surface area contributed by atoms with Gasteiger partial charge in [-0.2, -0.15) is 0 Å². The van der Waals surface area contributed by atoms with Gasteiger partial charge in [-0.3, -0.25) is 14.9 Å². The molecule has 13 heavy (non-hydrogen) atoms. The molecule has 5 nitrogen and oxygen atoms in total. The lowest BCUT2D eigenvalue weighted by Gasteiger charge is -2.07. The SMILES string of the molecule is C=C(CC(C)C(=O)OCC)[N+](=O)[O-]. The van der Waals surface area contributed by atoms with Crippen molar-refractivity contribution < 1.29 is 14.5 Å². The van der Waals surface area contributed by atoms with Crippen LogP contribution < -0.4 is 0 Å². The van der Waals surface area contributed by atoms with Crippen LogP contribution >= 0.6 is 0 Å². The number of hydrogen-bond acceptors (Lipinski definition) is 4. The molecule has 1 unspecified atom stereocenters. The van der Waals surface area contributed by atoms with Gasteiger partial charge in [0.25, 0.3) is 0 Å². The third-order valence-electron chi connectivity index (χ3n) is 1.49. The molecule has 0 aromatic rings. The topological polar surface area (TPSA) is 69.4 Å². The van der Waals surface area contributed by atoms with Crippen molar-refractivity contribution >= 4 is 5.97 Å². The normalized spacial score (nSPS) is 11.8. The molecule has 5 heteroatoms. The average Bonchev–Trinajstić information content (AvgIpc) is 2.04. The van der Waals surface area contributed by atoms with E-state index in [1.807, 2.05) is 0 Å². The minimum atomic E-state index is -0.588. The predicted molar refractivity (Wildman–Crippen MR) is 46.5 cm³/mol. The minimum absolute atomic E-state index is 0.0336. The fourth-order valence-corrected chi connectivity index (χ4v) is 0.796. The van der Waals surface area contributed by atoms with E-state index >= 15 is 0 Å². The lowest BCUT2D eigenvalue weighted by atomic mass is 10.1. The second kappa shape index (κ2) is 5.29. The van der Waals surface area contributed by atoms with Gasteiger partial charge in [-0.1, -0.05) is 6.92 Å². The van der Waals surface area contributed by atoms with Crippen molar-refractivity contribution in [2.75, 3.05) is 6.61 Å². The first-order valence-corrected chi connectivity index (χ1v) is 3.97. The van der Waals surface area contributed by atoms with Crippen molar-refractivity contribution in [3.05, 3.63) is 22.4 Å². The van der Waals surface area contributed by atoms with Crippen molar-refractivity contribution in [1.29, 1.82) is 0 Å². The maximum absolute atomic E-state index is 11.0. The Morgan fingerprint density at radius 3 is 2.62 bits per heavy atom. The van der Waals surface area contributed by atoms with Gasteiger partial charge < -0.3 is 4.74 Å². The maximum atomic E-state index is 11.0. The third kappa shape index (κ3) is 4.25. The highest BCUT2D eigenvalue weighted by Crippen LogP contribution is 2.11. The van der Waals surface area contributed by atoms with Crippen molar-refractivity contribution in [3.8, 4) is 0 Å². The van der Waals surface area contributed by atoms with Gasteiger partial charge in [-0.05, 0) is 13.5 Å². The van der Waals surface area contributed by atoms with Crippen LogP contribution in [0, 0.1) is 16.0 Å². The molecule has 0 aliphatic carbocycles. The number of carbonyl (C=O) groups excluding carboxylic acids is 1. The molecule has 0 amide bonds. The molecule has 0 saturated carbocycles. The van der Waals surface area contributed by atoms with Gasteiger partial charge in [0.15, 0.2) is 0 Å². The third-order valence-corrected chi connectivity index (χ3v) is 1.49. The molecule has 0 spiro atoms. The lowest BCUT2D eigenvalue weighted by Crippen LogP contribution is -2.16. The van der Waals surface area contributed by atoms with E-state index in [9.17, 15) is 14.9 Å². The maximum Gasteiger partial charge on any atom is 0.309 e. The number of carbonyl (C=O) groups is 1. The van der Waals surface area contributed by atoms with Gasteiger partial charge >= 0.3 is 5.97 Å². The van der Waals surface area contributed by atoms with Crippen LogP contribution in [-0.2, 0) is 9.53 Å². The Morgan fingerprint density at radius 1 is 1.69 bits per heavy atom. The van der Waals surface area contributed by atoms with Crippen LogP contribution in [-0.4, -0.2) is 17.5 Å². The Balaban J connectivity index is 3.99. The standard InChI is InChI=1S/C8H13NO4/c1-4-13-8(10)6(2)5-7(3)9(11)12/h6H,3-5H2,1-2H3. The monoisotopic (exact) mass is 187 g/mol. The minimum Gasteiger partial charge on any atom is -0.466 e. The molecule has 0 saturated heterocycles. The summed E-state index contributed by atoms with van der Waals surface area (Å²) in [6.45, 7) is 6.78. The second-order valence-corrected chi connectivity index (χ2v) is 2.68. The Hall–Kier alpha value is -1.39. The molecule has 0 radical (unpaired) electrons. The number of nitro groups is 1. The van der Waals surface area contributed by atoms with E-state index < -0.39 is 16.8 Å². The van der Waals surface area contributed by atoms with E-state index in [-0.39, 0.29) is 18.7 Å². The summed E-state index contributed by atoms with van der Waals surface area (Å²) >= 11 is 0. The molecule has 0 rings (SSSR count). The summed E-state index contributed by atoms with van der Waals surface area (Å²) in [7, 11) is 0. The van der Waals surface area contributed by atoms with Crippen molar-refractivity contribution in [1.82, 2.24) is 0 Å². The molecule has 0 heterocycles. The molecule has 0 aliphatic rings. The van der Waals surface area contributed by atoms with E-state index in [2.05, 4.69) is 11.3 Å². The Kier molecular flexibility index (Phi) is 4.72. The Labute approximate surface area is 76.5 Å². The predicted octanol–water partition coefficient (Wildman–Crippen LogP) is 1.37. The first kappa shape index (κ1) is 11.6. The van der Waals surface area contributed by atoms with Crippen LogP contribution in [0.15, 0.2) is 12.3 Å². The number of allylic oxidation sites excluding steroid dienone is 1. The van der Waals surface area contributed by atoms with Crippen LogP contribution in [0.2, 0.25) is 0 Å². The van der Waals surface area contributed by atoms with E-state index in [0.29, 0.717) is 0 Å². The summed E-state index contributed by atoms with van der Waals surface area (Å²) in [6, 6.07) is 0. The van der Waals surface area contributed by atoms with Gasteiger partial charge in [-0.25, -0.2) is 0 Å². The highest BCUT2D eigenvalue weighted by molar-refractivity contribution is 5.72. The van der Waals surface area contributed by atoms with Crippen LogP contribution in [0.3, 0.4) is 0 Å². The summed E-state index contributed by atoms with van der Waals surface area (Å²) in [5.74, 6) is -0.927. The lowest BCUT2D eigenvalue weighted by molar-refractivity contribution is -0.428. The smallest absolute Gasteiger partial charge is 0.309 e. The van der Waals surface area contributed by atoms with Crippen molar-refractivity contribution in [2.24, 2.45) is 5.92 Å². The summed E-state index contributed by atoms with van der Waals surface area (Å²) in [5, 5.41) is 10.2. The van der Waals surface area contributed by atoms with E-state index in [1.54, 1.807) is 13.8 Å². The molecule has 0 bridgehead atoms. The molecule has 1 atom stereocenters.